The minimum atomic E-state index is -0.176. The Morgan fingerprint density at radius 2 is 2.20 bits per heavy atom. The Hall–Kier alpha value is -1.29. The molecule has 2 atom stereocenters. The molecule has 0 spiro atoms. The zero-order valence-electron chi connectivity index (χ0n) is 12.9. The first-order valence-electron chi connectivity index (χ1n) is 7.38. The molecule has 1 aliphatic heterocycles. The van der Waals surface area contributed by atoms with Crippen molar-refractivity contribution >= 4 is 5.69 Å². The third-order valence-corrected chi connectivity index (χ3v) is 4.44. The maximum Gasteiger partial charge on any atom is 0.146 e. The van der Waals surface area contributed by atoms with Crippen LogP contribution in [0, 0.1) is 5.82 Å². The molecule has 112 valence electrons. The lowest BCUT2D eigenvalue weighted by atomic mass is 9.92. The summed E-state index contributed by atoms with van der Waals surface area (Å²) in [5, 5.41) is 3.60. The molecule has 3 nitrogen and oxygen atoms in total. The maximum atomic E-state index is 14.2. The van der Waals surface area contributed by atoms with Gasteiger partial charge in [-0.2, -0.15) is 0 Å². The summed E-state index contributed by atoms with van der Waals surface area (Å²) in [7, 11) is 1.61. The molecular formula is C16H25FN2O. The molecule has 4 heteroatoms. The van der Waals surface area contributed by atoms with Crippen molar-refractivity contribution in [2.45, 2.75) is 45.2 Å². The van der Waals surface area contributed by atoms with Crippen LogP contribution in [0.1, 0.15) is 33.6 Å². The number of anilines is 1. The summed E-state index contributed by atoms with van der Waals surface area (Å²) in [6.45, 7) is 8.21. The highest BCUT2D eigenvalue weighted by atomic mass is 19.1. The summed E-state index contributed by atoms with van der Waals surface area (Å²) in [5.74, 6) is 0.526. The van der Waals surface area contributed by atoms with E-state index in [9.17, 15) is 4.39 Å². The predicted octanol–water partition coefficient (Wildman–Crippen LogP) is 3.19. The Balaban J connectivity index is 2.35. The molecule has 1 aromatic rings. The summed E-state index contributed by atoms with van der Waals surface area (Å²) in [6.07, 6.45) is 2.01. The topological polar surface area (TPSA) is 24.5 Å². The van der Waals surface area contributed by atoms with Crippen molar-refractivity contribution in [2.24, 2.45) is 0 Å². The molecule has 0 aliphatic carbocycles. The molecular weight excluding hydrogens is 255 g/mol. The van der Waals surface area contributed by atoms with E-state index in [1.54, 1.807) is 19.2 Å². The van der Waals surface area contributed by atoms with Crippen molar-refractivity contribution in [3.05, 3.63) is 24.0 Å². The lowest BCUT2D eigenvalue weighted by molar-refractivity contribution is 0.274. The number of hydrogen-bond donors (Lipinski definition) is 1. The number of hydrogen-bond acceptors (Lipinski definition) is 3. The van der Waals surface area contributed by atoms with Crippen molar-refractivity contribution in [3.8, 4) is 5.75 Å². The molecule has 0 bridgehead atoms. The van der Waals surface area contributed by atoms with Gasteiger partial charge in [0.05, 0.1) is 12.8 Å². The first kappa shape index (κ1) is 15.1. The van der Waals surface area contributed by atoms with E-state index in [1.165, 1.54) is 6.07 Å². The molecule has 1 fully saturated rings. The molecule has 0 radical (unpaired) electrons. The molecule has 0 aromatic heterocycles. The van der Waals surface area contributed by atoms with E-state index in [0.29, 0.717) is 17.5 Å². The molecule has 1 heterocycles. The average Bonchev–Trinajstić information content (AvgIpc) is 2.48. The quantitative estimate of drug-likeness (QED) is 0.916. The minimum absolute atomic E-state index is 0.0290. The highest BCUT2D eigenvalue weighted by Gasteiger charge is 2.34. The Morgan fingerprint density at radius 1 is 1.45 bits per heavy atom. The van der Waals surface area contributed by atoms with Crippen LogP contribution in [0.25, 0.3) is 0 Å². The molecule has 2 unspecified atom stereocenters. The fourth-order valence-corrected chi connectivity index (χ4v) is 2.76. The van der Waals surface area contributed by atoms with E-state index in [4.69, 9.17) is 4.74 Å². The number of nitrogens with zero attached hydrogens (tertiary/aromatic N) is 1. The smallest absolute Gasteiger partial charge is 0.146 e. The minimum Gasteiger partial charge on any atom is -0.497 e. The van der Waals surface area contributed by atoms with Crippen LogP contribution in [0.5, 0.6) is 5.75 Å². The van der Waals surface area contributed by atoms with Gasteiger partial charge in [0, 0.05) is 30.7 Å². The van der Waals surface area contributed by atoms with E-state index in [1.807, 2.05) is 0 Å². The molecule has 2 rings (SSSR count). The second-order valence-electron chi connectivity index (χ2n) is 5.80. The van der Waals surface area contributed by atoms with Crippen LogP contribution in [0.2, 0.25) is 0 Å². The second kappa shape index (κ2) is 6.00. The fourth-order valence-electron chi connectivity index (χ4n) is 2.76. The van der Waals surface area contributed by atoms with Crippen molar-refractivity contribution in [2.75, 3.05) is 25.1 Å². The van der Waals surface area contributed by atoms with Crippen LogP contribution < -0.4 is 15.0 Å². The summed E-state index contributed by atoms with van der Waals surface area (Å²) < 4.78 is 19.5. The third-order valence-electron chi connectivity index (χ3n) is 4.44. The summed E-state index contributed by atoms with van der Waals surface area (Å²) >= 11 is 0. The number of methoxy groups -OCH3 is 1. The lowest BCUT2D eigenvalue weighted by Gasteiger charge is -2.47. The van der Waals surface area contributed by atoms with Crippen LogP contribution >= 0.6 is 0 Å². The number of nitrogens with one attached hydrogen (secondary N) is 1. The van der Waals surface area contributed by atoms with Gasteiger partial charge < -0.3 is 15.0 Å². The Bertz CT molecular complexity index is 466. The Morgan fingerprint density at radius 3 is 2.80 bits per heavy atom. The summed E-state index contributed by atoms with van der Waals surface area (Å²) in [5.41, 5.74) is 0.679. The number of rotatable bonds is 4. The number of halogens is 1. The van der Waals surface area contributed by atoms with Crippen LogP contribution in [-0.2, 0) is 0 Å². The predicted molar refractivity (Wildman–Crippen MR) is 81.1 cm³/mol. The van der Waals surface area contributed by atoms with E-state index < -0.39 is 0 Å². The number of ether oxygens (including phenoxy) is 1. The molecule has 1 aliphatic rings. The van der Waals surface area contributed by atoms with Gasteiger partial charge in [-0.25, -0.2) is 4.39 Å². The molecule has 0 saturated carbocycles. The van der Waals surface area contributed by atoms with E-state index in [0.717, 1.165) is 25.9 Å². The largest absolute Gasteiger partial charge is 0.497 e. The summed E-state index contributed by atoms with van der Waals surface area (Å²) in [4.78, 5) is 2.19. The van der Waals surface area contributed by atoms with Crippen LogP contribution in [0.15, 0.2) is 18.2 Å². The number of piperazine rings is 1. The van der Waals surface area contributed by atoms with E-state index in [2.05, 4.69) is 31.0 Å². The Kier molecular flexibility index (Phi) is 4.53. The van der Waals surface area contributed by atoms with Crippen molar-refractivity contribution in [3.63, 3.8) is 0 Å². The summed E-state index contributed by atoms with van der Waals surface area (Å²) in [6, 6.07) is 5.28. The molecule has 1 aromatic carbocycles. The zero-order chi connectivity index (χ0) is 14.8. The van der Waals surface area contributed by atoms with Gasteiger partial charge in [0.15, 0.2) is 0 Å². The van der Waals surface area contributed by atoms with Crippen LogP contribution in [-0.4, -0.2) is 31.8 Å². The highest BCUT2D eigenvalue weighted by molar-refractivity contribution is 5.54. The van der Waals surface area contributed by atoms with Gasteiger partial charge in [0.25, 0.3) is 0 Å². The van der Waals surface area contributed by atoms with Gasteiger partial charge in [-0.05, 0) is 31.9 Å². The van der Waals surface area contributed by atoms with Gasteiger partial charge >= 0.3 is 0 Å². The molecule has 20 heavy (non-hydrogen) atoms. The standard InChI is InChI=1S/C16H25FN2O/c1-5-12-10-18-16(3,6-2)11-19(12)15-9-13(20-4)7-8-14(15)17/h7-9,12,18H,5-6,10-11H2,1-4H3. The van der Waals surface area contributed by atoms with Crippen molar-refractivity contribution in [1.82, 2.24) is 5.32 Å². The molecule has 1 saturated heterocycles. The van der Waals surface area contributed by atoms with Crippen LogP contribution in [0.3, 0.4) is 0 Å². The first-order valence-corrected chi connectivity index (χ1v) is 7.38. The van der Waals surface area contributed by atoms with Gasteiger partial charge in [0.1, 0.15) is 11.6 Å². The van der Waals surface area contributed by atoms with Crippen molar-refractivity contribution < 1.29 is 9.13 Å². The highest BCUT2D eigenvalue weighted by Crippen LogP contribution is 2.31. The third kappa shape index (κ3) is 2.90. The molecule has 0 amide bonds. The second-order valence-corrected chi connectivity index (χ2v) is 5.80. The maximum absolute atomic E-state index is 14.2. The molecule has 1 N–H and O–H groups in total. The van der Waals surface area contributed by atoms with E-state index in [-0.39, 0.29) is 11.4 Å². The van der Waals surface area contributed by atoms with Crippen molar-refractivity contribution in [1.29, 1.82) is 0 Å². The normalized spacial score (nSPS) is 26.6. The Labute approximate surface area is 121 Å². The van der Waals surface area contributed by atoms with Gasteiger partial charge in [-0.3, -0.25) is 0 Å². The van der Waals surface area contributed by atoms with E-state index >= 15 is 0 Å². The monoisotopic (exact) mass is 280 g/mol. The SMILES string of the molecule is CCC1CNC(C)(CC)CN1c1cc(OC)ccc1F. The average molecular weight is 280 g/mol. The first-order chi connectivity index (χ1) is 9.53. The van der Waals surface area contributed by atoms with Crippen LogP contribution in [0.4, 0.5) is 10.1 Å². The zero-order valence-corrected chi connectivity index (χ0v) is 12.9. The van der Waals surface area contributed by atoms with Gasteiger partial charge in [0.2, 0.25) is 0 Å². The number of benzene rings is 1. The van der Waals surface area contributed by atoms with Gasteiger partial charge in [-0.1, -0.05) is 13.8 Å². The van der Waals surface area contributed by atoms with Gasteiger partial charge in [-0.15, -0.1) is 0 Å². The fraction of sp³-hybridized carbons (Fsp3) is 0.625. The lowest BCUT2D eigenvalue weighted by Crippen LogP contribution is -2.63.